The molecule has 3 N–H and O–H groups in total. The summed E-state index contributed by atoms with van der Waals surface area (Å²) in [6.07, 6.45) is 1.15. The third kappa shape index (κ3) is 4.09. The Morgan fingerprint density at radius 1 is 0.760 bits per heavy atom. The van der Waals surface area contributed by atoms with E-state index in [2.05, 4.69) is 12.6 Å². The molecule has 4 heteroatoms. The number of rotatable bonds is 4. The predicted molar refractivity (Wildman–Crippen MR) is 102 cm³/mol. The van der Waals surface area contributed by atoms with Crippen LogP contribution in [-0.4, -0.2) is 15.3 Å². The highest BCUT2D eigenvalue weighted by Crippen LogP contribution is 2.30. The number of hydrogen-bond acceptors (Lipinski definition) is 4. The van der Waals surface area contributed by atoms with Gasteiger partial charge in [-0.2, -0.15) is 0 Å². The first-order chi connectivity index (χ1) is 11.9. The van der Waals surface area contributed by atoms with E-state index in [4.69, 9.17) is 0 Å². The minimum Gasteiger partial charge on any atom is -0.508 e. The van der Waals surface area contributed by atoms with Crippen LogP contribution >= 0.6 is 12.6 Å². The Hall–Kier alpha value is -2.59. The zero-order valence-corrected chi connectivity index (χ0v) is 14.8. The summed E-state index contributed by atoms with van der Waals surface area (Å²) in [5.41, 5.74) is 4.76. The van der Waals surface area contributed by atoms with Gasteiger partial charge in [0.1, 0.15) is 17.2 Å². The molecule has 0 unspecified atom stereocenters. The van der Waals surface area contributed by atoms with Crippen LogP contribution in [0.15, 0.2) is 59.5 Å². The fraction of sp³-hybridized carbons (Fsp3) is 0.143. The average Bonchev–Trinajstić information content (AvgIpc) is 2.57. The molecular weight excluding hydrogens is 332 g/mol. The lowest BCUT2D eigenvalue weighted by Gasteiger charge is -2.13. The highest BCUT2D eigenvalue weighted by molar-refractivity contribution is 7.80. The normalized spacial score (nSPS) is 10.8. The molecule has 0 heterocycles. The van der Waals surface area contributed by atoms with Gasteiger partial charge in [0, 0.05) is 17.7 Å². The topological polar surface area (TPSA) is 60.7 Å². The summed E-state index contributed by atoms with van der Waals surface area (Å²) in [7, 11) is 0. The molecule has 0 fully saturated rings. The van der Waals surface area contributed by atoms with Gasteiger partial charge in [-0.1, -0.05) is 35.9 Å². The molecule has 0 aliphatic carbocycles. The Balaban J connectivity index is 1.91. The van der Waals surface area contributed by atoms with Gasteiger partial charge in [-0.3, -0.25) is 0 Å². The van der Waals surface area contributed by atoms with E-state index in [1.54, 1.807) is 24.3 Å². The Kier molecular flexibility index (Phi) is 4.91. The Morgan fingerprint density at radius 3 is 1.92 bits per heavy atom. The largest absolute Gasteiger partial charge is 0.508 e. The lowest BCUT2D eigenvalue weighted by Crippen LogP contribution is -1.96. The van der Waals surface area contributed by atoms with E-state index in [-0.39, 0.29) is 17.2 Å². The standard InChI is InChI=1S/C21H20O3S/c1-13-8-16(10-14-2-5-18(22)6-3-14)21(24)17(9-13)11-15-4-7-19(23)20(25)12-15/h2-9,12,22-25H,10-11H2,1H3. The van der Waals surface area contributed by atoms with Crippen molar-refractivity contribution in [3.8, 4) is 17.2 Å². The SMILES string of the molecule is Cc1cc(Cc2ccc(O)cc2)c(O)c(Cc2ccc(O)c(S)c2)c1. The van der Waals surface area contributed by atoms with Crippen LogP contribution in [0.1, 0.15) is 27.8 Å². The van der Waals surface area contributed by atoms with Crippen LogP contribution in [0, 0.1) is 6.92 Å². The van der Waals surface area contributed by atoms with Gasteiger partial charge in [-0.25, -0.2) is 0 Å². The fourth-order valence-corrected chi connectivity index (χ4v) is 3.18. The van der Waals surface area contributed by atoms with E-state index in [1.165, 1.54) is 0 Å². The van der Waals surface area contributed by atoms with E-state index < -0.39 is 0 Å². The zero-order chi connectivity index (χ0) is 18.0. The summed E-state index contributed by atoms with van der Waals surface area (Å²) in [6.45, 7) is 2.00. The van der Waals surface area contributed by atoms with Gasteiger partial charge in [0.25, 0.3) is 0 Å². The third-order valence-electron chi connectivity index (χ3n) is 4.18. The Morgan fingerprint density at radius 2 is 1.32 bits per heavy atom. The van der Waals surface area contributed by atoms with Crippen molar-refractivity contribution < 1.29 is 15.3 Å². The monoisotopic (exact) mass is 352 g/mol. The van der Waals surface area contributed by atoms with Gasteiger partial charge in [0.05, 0.1) is 0 Å². The van der Waals surface area contributed by atoms with Crippen LogP contribution in [0.2, 0.25) is 0 Å². The van der Waals surface area contributed by atoms with Crippen molar-refractivity contribution in [3.63, 3.8) is 0 Å². The van der Waals surface area contributed by atoms with E-state index in [0.717, 1.165) is 27.8 Å². The molecule has 0 saturated carbocycles. The molecule has 0 atom stereocenters. The highest BCUT2D eigenvalue weighted by Gasteiger charge is 2.11. The first-order valence-electron chi connectivity index (χ1n) is 8.02. The van der Waals surface area contributed by atoms with Gasteiger partial charge in [0.2, 0.25) is 0 Å². The number of benzene rings is 3. The minimum absolute atomic E-state index is 0.147. The summed E-state index contributed by atoms with van der Waals surface area (Å²) in [5.74, 6) is 0.661. The number of hydrogen-bond donors (Lipinski definition) is 4. The second-order valence-electron chi connectivity index (χ2n) is 6.27. The molecule has 3 aromatic rings. The number of aryl methyl sites for hydroxylation is 1. The van der Waals surface area contributed by atoms with Crippen molar-refractivity contribution in [2.45, 2.75) is 24.7 Å². The molecule has 3 nitrogen and oxygen atoms in total. The number of thiol groups is 1. The molecule has 25 heavy (non-hydrogen) atoms. The molecule has 0 amide bonds. The molecule has 0 aromatic heterocycles. The molecule has 0 saturated heterocycles. The summed E-state index contributed by atoms with van der Waals surface area (Å²) in [6, 6.07) is 16.2. The van der Waals surface area contributed by atoms with Gasteiger partial charge in [-0.05, 0) is 53.4 Å². The Bertz CT molecular complexity index is 902. The highest BCUT2D eigenvalue weighted by atomic mass is 32.1. The number of phenols is 3. The molecule has 128 valence electrons. The van der Waals surface area contributed by atoms with Crippen molar-refractivity contribution >= 4 is 12.6 Å². The Labute approximate surface area is 152 Å². The van der Waals surface area contributed by atoms with Crippen molar-refractivity contribution in [2.75, 3.05) is 0 Å². The maximum Gasteiger partial charge on any atom is 0.128 e. The van der Waals surface area contributed by atoms with E-state index in [1.807, 2.05) is 37.3 Å². The predicted octanol–water partition coefficient (Wildman–Crippen LogP) is 4.58. The number of aromatic hydroxyl groups is 3. The number of phenolic OH excluding ortho intramolecular Hbond substituents is 3. The van der Waals surface area contributed by atoms with E-state index >= 15 is 0 Å². The van der Waals surface area contributed by atoms with Crippen LogP contribution in [-0.2, 0) is 12.8 Å². The van der Waals surface area contributed by atoms with Gasteiger partial charge in [-0.15, -0.1) is 12.6 Å². The molecule has 0 spiro atoms. The van der Waals surface area contributed by atoms with Crippen LogP contribution in [0.4, 0.5) is 0 Å². The summed E-state index contributed by atoms with van der Waals surface area (Å²) in [4.78, 5) is 0.522. The first kappa shape index (κ1) is 17.2. The van der Waals surface area contributed by atoms with Crippen molar-refractivity contribution in [3.05, 3.63) is 82.4 Å². The average molecular weight is 352 g/mol. The molecule has 0 bridgehead atoms. The third-order valence-corrected chi connectivity index (χ3v) is 4.54. The van der Waals surface area contributed by atoms with Crippen molar-refractivity contribution in [1.29, 1.82) is 0 Å². The van der Waals surface area contributed by atoms with Crippen molar-refractivity contribution in [2.24, 2.45) is 0 Å². The molecule has 0 radical (unpaired) electrons. The summed E-state index contributed by atoms with van der Waals surface area (Å²) in [5, 5.41) is 29.7. The van der Waals surface area contributed by atoms with Crippen LogP contribution in [0.25, 0.3) is 0 Å². The van der Waals surface area contributed by atoms with Crippen LogP contribution in [0.3, 0.4) is 0 Å². The smallest absolute Gasteiger partial charge is 0.128 e. The lowest BCUT2D eigenvalue weighted by molar-refractivity contribution is 0.461. The van der Waals surface area contributed by atoms with Gasteiger partial charge in [0.15, 0.2) is 0 Å². The molecule has 0 aliphatic heterocycles. The maximum atomic E-state index is 10.7. The molecule has 3 rings (SSSR count). The fourth-order valence-electron chi connectivity index (χ4n) is 2.94. The van der Waals surface area contributed by atoms with E-state index in [9.17, 15) is 15.3 Å². The first-order valence-corrected chi connectivity index (χ1v) is 8.47. The second-order valence-corrected chi connectivity index (χ2v) is 6.76. The zero-order valence-electron chi connectivity index (χ0n) is 13.9. The molecule has 3 aromatic carbocycles. The maximum absolute atomic E-state index is 10.7. The summed E-state index contributed by atoms with van der Waals surface area (Å²) < 4.78 is 0. The second kappa shape index (κ2) is 7.11. The van der Waals surface area contributed by atoms with Crippen molar-refractivity contribution in [1.82, 2.24) is 0 Å². The van der Waals surface area contributed by atoms with Crippen LogP contribution < -0.4 is 0 Å². The quantitative estimate of drug-likeness (QED) is 0.520. The van der Waals surface area contributed by atoms with E-state index in [0.29, 0.717) is 17.7 Å². The minimum atomic E-state index is 0.147. The van der Waals surface area contributed by atoms with Gasteiger partial charge < -0.3 is 15.3 Å². The molecular formula is C21H20O3S. The molecule has 0 aliphatic rings. The summed E-state index contributed by atoms with van der Waals surface area (Å²) >= 11 is 4.24. The van der Waals surface area contributed by atoms with Gasteiger partial charge >= 0.3 is 0 Å². The lowest BCUT2D eigenvalue weighted by atomic mass is 9.95. The van der Waals surface area contributed by atoms with Crippen LogP contribution in [0.5, 0.6) is 17.2 Å².